The van der Waals surface area contributed by atoms with Crippen molar-refractivity contribution < 1.29 is 19.0 Å². The quantitative estimate of drug-likeness (QED) is 0.711. The highest BCUT2D eigenvalue weighted by Crippen LogP contribution is 2.48. The van der Waals surface area contributed by atoms with Gasteiger partial charge in [-0.2, -0.15) is 0 Å². The molecule has 2 aromatic rings. The topological polar surface area (TPSA) is 59.4 Å². The van der Waals surface area contributed by atoms with E-state index in [0.29, 0.717) is 28.7 Å². The molecule has 4 nitrogen and oxygen atoms in total. The Hall–Kier alpha value is -2.27. The highest BCUT2D eigenvalue weighted by Gasteiger charge is 2.38. The van der Waals surface area contributed by atoms with Gasteiger partial charge >= 0.3 is 5.97 Å². The lowest BCUT2D eigenvalue weighted by Crippen LogP contribution is -2.29. The third kappa shape index (κ3) is 3.68. The Labute approximate surface area is 171 Å². The summed E-state index contributed by atoms with van der Waals surface area (Å²) in [6, 6.07) is 6.11. The Morgan fingerprint density at radius 2 is 1.86 bits per heavy atom. The van der Waals surface area contributed by atoms with Crippen molar-refractivity contribution in [2.45, 2.75) is 64.4 Å². The van der Waals surface area contributed by atoms with Gasteiger partial charge in [0.05, 0.1) is 24.5 Å². The monoisotopic (exact) mass is 397 g/mol. The Morgan fingerprint density at radius 3 is 2.48 bits per heavy atom. The van der Waals surface area contributed by atoms with Gasteiger partial charge in [0.25, 0.3) is 0 Å². The fraction of sp³-hybridized carbons (Fsp3) is 0.500. The van der Waals surface area contributed by atoms with Gasteiger partial charge in [0.1, 0.15) is 5.82 Å². The number of esters is 1. The molecular weight excluding hydrogens is 369 g/mol. The van der Waals surface area contributed by atoms with Gasteiger partial charge in [0.2, 0.25) is 0 Å². The van der Waals surface area contributed by atoms with Crippen LogP contribution in [-0.4, -0.2) is 23.2 Å². The first-order valence-corrected chi connectivity index (χ1v) is 10.4. The normalized spacial score (nSPS) is 21.1. The molecule has 1 atom stereocenters. The molecule has 0 bridgehead atoms. The summed E-state index contributed by atoms with van der Waals surface area (Å²) in [5, 5.41) is 11.1. The van der Waals surface area contributed by atoms with Crippen molar-refractivity contribution in [3.63, 3.8) is 0 Å². The molecule has 0 radical (unpaired) electrons. The van der Waals surface area contributed by atoms with Crippen molar-refractivity contribution in [2.75, 3.05) is 7.11 Å². The largest absolute Gasteiger partial charge is 0.465 e. The van der Waals surface area contributed by atoms with Crippen LogP contribution in [0.15, 0.2) is 24.3 Å². The number of carbonyl (C=O) groups is 1. The summed E-state index contributed by atoms with van der Waals surface area (Å²) < 4.78 is 18.8. The third-order valence-electron chi connectivity index (χ3n) is 6.33. The lowest BCUT2D eigenvalue weighted by molar-refractivity contribution is 0.0597. The zero-order valence-electron chi connectivity index (χ0n) is 17.3. The van der Waals surface area contributed by atoms with Crippen LogP contribution in [0.1, 0.15) is 85.3 Å². The second-order valence-electron chi connectivity index (χ2n) is 9.15. The summed E-state index contributed by atoms with van der Waals surface area (Å²) in [4.78, 5) is 17.9. The van der Waals surface area contributed by atoms with Crippen molar-refractivity contribution >= 4 is 5.97 Å². The maximum Gasteiger partial charge on any atom is 0.340 e. The molecule has 0 amide bonds. The smallest absolute Gasteiger partial charge is 0.340 e. The fourth-order valence-corrected chi connectivity index (χ4v) is 5.03. The first-order chi connectivity index (χ1) is 13.8. The van der Waals surface area contributed by atoms with Crippen LogP contribution in [0.25, 0.3) is 11.1 Å². The van der Waals surface area contributed by atoms with Gasteiger partial charge in [-0.1, -0.05) is 38.8 Å². The number of hydrogen-bond acceptors (Lipinski definition) is 4. The summed E-state index contributed by atoms with van der Waals surface area (Å²) >= 11 is 0. The molecule has 29 heavy (non-hydrogen) atoms. The van der Waals surface area contributed by atoms with Crippen LogP contribution in [0.4, 0.5) is 4.39 Å². The maximum atomic E-state index is 13.6. The van der Waals surface area contributed by atoms with E-state index in [0.717, 1.165) is 43.5 Å². The average Bonchev–Trinajstić information content (AvgIpc) is 3.20. The van der Waals surface area contributed by atoms with Crippen LogP contribution in [-0.2, 0) is 11.2 Å². The number of halogens is 1. The number of nitrogens with zero attached hydrogens (tertiary/aromatic N) is 1. The predicted molar refractivity (Wildman–Crippen MR) is 109 cm³/mol. The summed E-state index contributed by atoms with van der Waals surface area (Å²) in [6.45, 7) is 4.25. The average molecular weight is 397 g/mol. The Bertz CT molecular complexity index is 930. The SMILES string of the molecule is COC(=O)c1c(C2CCCC2)nc2c(c1-c1ccc(F)cc1)C(O)CC(C)(C)C2. The molecule has 1 aromatic carbocycles. The van der Waals surface area contributed by atoms with Crippen LogP contribution in [0.2, 0.25) is 0 Å². The second-order valence-corrected chi connectivity index (χ2v) is 9.15. The zero-order valence-corrected chi connectivity index (χ0v) is 17.3. The number of rotatable bonds is 3. The van der Waals surface area contributed by atoms with Crippen LogP contribution < -0.4 is 0 Å². The first-order valence-electron chi connectivity index (χ1n) is 10.4. The molecule has 1 saturated carbocycles. The zero-order chi connectivity index (χ0) is 20.8. The number of benzene rings is 1. The van der Waals surface area contributed by atoms with E-state index in [1.807, 2.05) is 0 Å². The molecule has 2 aliphatic carbocycles. The van der Waals surface area contributed by atoms with E-state index in [9.17, 15) is 14.3 Å². The molecule has 4 rings (SSSR count). The van der Waals surface area contributed by atoms with E-state index >= 15 is 0 Å². The van der Waals surface area contributed by atoms with Crippen LogP contribution in [0, 0.1) is 11.2 Å². The lowest BCUT2D eigenvalue weighted by atomic mass is 9.72. The minimum atomic E-state index is -0.734. The number of carbonyl (C=O) groups excluding carboxylic acids is 1. The molecule has 2 aliphatic rings. The molecule has 1 heterocycles. The Morgan fingerprint density at radius 1 is 1.21 bits per heavy atom. The van der Waals surface area contributed by atoms with Gasteiger partial charge in [-0.05, 0) is 48.8 Å². The molecule has 0 aliphatic heterocycles. The van der Waals surface area contributed by atoms with E-state index in [-0.39, 0.29) is 17.2 Å². The number of pyridine rings is 1. The van der Waals surface area contributed by atoms with E-state index in [4.69, 9.17) is 9.72 Å². The minimum Gasteiger partial charge on any atom is -0.465 e. The summed E-state index contributed by atoms with van der Waals surface area (Å²) in [7, 11) is 1.37. The predicted octanol–water partition coefficient (Wildman–Crippen LogP) is 5.34. The van der Waals surface area contributed by atoms with Crippen molar-refractivity contribution in [1.29, 1.82) is 0 Å². The standard InChI is InChI=1S/C24H28FNO3/c1-24(2)12-17-20(18(27)13-24)19(14-8-10-16(25)11-9-14)21(23(28)29-3)22(26-17)15-6-4-5-7-15/h8-11,15,18,27H,4-7,12-13H2,1-3H3. The fourth-order valence-electron chi connectivity index (χ4n) is 5.03. The molecule has 1 unspecified atom stereocenters. The van der Waals surface area contributed by atoms with Gasteiger partial charge in [0, 0.05) is 22.7 Å². The highest BCUT2D eigenvalue weighted by molar-refractivity contribution is 6.00. The Kier molecular flexibility index (Phi) is 5.19. The number of aliphatic hydroxyl groups is 1. The lowest BCUT2D eigenvalue weighted by Gasteiger charge is -2.36. The maximum absolute atomic E-state index is 13.6. The molecule has 5 heteroatoms. The molecule has 1 fully saturated rings. The van der Waals surface area contributed by atoms with E-state index in [1.54, 1.807) is 12.1 Å². The first kappa shape index (κ1) is 20.0. The molecule has 1 N–H and O–H groups in total. The summed E-state index contributed by atoms with van der Waals surface area (Å²) in [6.07, 6.45) is 4.79. The van der Waals surface area contributed by atoms with Gasteiger partial charge < -0.3 is 9.84 Å². The number of ether oxygens (including phenoxy) is 1. The van der Waals surface area contributed by atoms with Crippen LogP contribution in [0.5, 0.6) is 0 Å². The van der Waals surface area contributed by atoms with E-state index in [2.05, 4.69) is 13.8 Å². The number of aromatic nitrogens is 1. The molecule has 0 saturated heterocycles. The van der Waals surface area contributed by atoms with Crippen molar-refractivity contribution in [1.82, 2.24) is 4.98 Å². The van der Waals surface area contributed by atoms with E-state index < -0.39 is 12.1 Å². The van der Waals surface area contributed by atoms with Crippen molar-refractivity contribution in [3.05, 3.63) is 52.6 Å². The summed E-state index contributed by atoms with van der Waals surface area (Å²) in [5.41, 5.74) is 4.04. The van der Waals surface area contributed by atoms with Crippen LogP contribution in [0.3, 0.4) is 0 Å². The Balaban J connectivity index is 2.05. The molecule has 154 valence electrons. The summed E-state index contributed by atoms with van der Waals surface area (Å²) in [5.74, 6) is -0.580. The molecular formula is C24H28FNO3. The number of hydrogen-bond donors (Lipinski definition) is 1. The highest BCUT2D eigenvalue weighted by atomic mass is 19.1. The van der Waals surface area contributed by atoms with Gasteiger partial charge in [0.15, 0.2) is 0 Å². The molecule has 0 spiro atoms. The van der Waals surface area contributed by atoms with E-state index in [1.165, 1.54) is 19.2 Å². The molecule has 1 aromatic heterocycles. The third-order valence-corrected chi connectivity index (χ3v) is 6.33. The minimum absolute atomic E-state index is 0.0841. The van der Waals surface area contributed by atoms with Gasteiger partial charge in [-0.15, -0.1) is 0 Å². The van der Waals surface area contributed by atoms with Crippen molar-refractivity contribution in [3.8, 4) is 11.1 Å². The number of aliphatic hydroxyl groups excluding tert-OH is 1. The number of fused-ring (bicyclic) bond motifs is 1. The number of methoxy groups -OCH3 is 1. The van der Waals surface area contributed by atoms with Gasteiger partial charge in [-0.3, -0.25) is 4.98 Å². The van der Waals surface area contributed by atoms with Gasteiger partial charge in [-0.25, -0.2) is 9.18 Å². The second kappa shape index (κ2) is 7.52. The van der Waals surface area contributed by atoms with Crippen molar-refractivity contribution in [2.24, 2.45) is 5.41 Å². The van der Waals surface area contributed by atoms with Crippen LogP contribution >= 0.6 is 0 Å².